The van der Waals surface area contributed by atoms with Crippen molar-refractivity contribution in [1.29, 1.82) is 0 Å². The highest BCUT2D eigenvalue weighted by atomic mass is 32.2. The first-order valence-electron chi connectivity index (χ1n) is 8.18. The third-order valence-corrected chi connectivity index (χ3v) is 4.56. The second-order valence-corrected chi connectivity index (χ2v) is 6.61. The molecule has 0 unspecified atom stereocenters. The Morgan fingerprint density at radius 3 is 2.48 bits per heavy atom. The van der Waals surface area contributed by atoms with Gasteiger partial charge in [0.05, 0.1) is 29.0 Å². The van der Waals surface area contributed by atoms with Gasteiger partial charge in [-0.05, 0) is 48.5 Å². The molecular weight excluding hydrogens is 367 g/mol. The Hall–Kier alpha value is -3.06. The lowest BCUT2D eigenvalue weighted by molar-refractivity contribution is -0.113. The highest BCUT2D eigenvalue weighted by Gasteiger charge is 2.13. The average molecular weight is 384 g/mol. The van der Waals surface area contributed by atoms with Gasteiger partial charge in [0.15, 0.2) is 0 Å². The Labute approximate surface area is 160 Å². The fourth-order valence-electron chi connectivity index (χ4n) is 2.35. The summed E-state index contributed by atoms with van der Waals surface area (Å²) in [4.78, 5) is 24.7. The maximum absolute atomic E-state index is 13.0. The normalized spacial score (nSPS) is 10.4. The quantitative estimate of drug-likeness (QED) is 0.627. The highest BCUT2D eigenvalue weighted by Crippen LogP contribution is 2.19. The first-order chi connectivity index (χ1) is 13.1. The fraction of sp³-hybridized carbons (Fsp3) is 0.100. The molecule has 0 aliphatic carbocycles. The van der Waals surface area contributed by atoms with E-state index in [1.54, 1.807) is 36.6 Å². The van der Waals surface area contributed by atoms with E-state index in [1.807, 2.05) is 6.07 Å². The molecule has 0 atom stereocenters. The zero-order chi connectivity index (χ0) is 19.1. The number of carbonyl (C=O) groups is 2. The first kappa shape index (κ1) is 18.7. The summed E-state index contributed by atoms with van der Waals surface area (Å²) in [7, 11) is 0. The minimum absolute atomic E-state index is 0.214. The SMILES string of the molecule is O=C(CSCc1ccco1)Nc1ccccc1C(=O)Nc1ccc(F)cc1. The van der Waals surface area contributed by atoms with E-state index >= 15 is 0 Å². The zero-order valence-electron chi connectivity index (χ0n) is 14.3. The second kappa shape index (κ2) is 9.05. The minimum Gasteiger partial charge on any atom is -0.468 e. The van der Waals surface area contributed by atoms with Crippen molar-refractivity contribution in [2.75, 3.05) is 16.4 Å². The van der Waals surface area contributed by atoms with Gasteiger partial charge >= 0.3 is 0 Å². The van der Waals surface area contributed by atoms with Crippen LogP contribution in [0.5, 0.6) is 0 Å². The van der Waals surface area contributed by atoms with Gasteiger partial charge in [0.2, 0.25) is 5.91 Å². The Balaban J connectivity index is 1.60. The maximum Gasteiger partial charge on any atom is 0.257 e. The van der Waals surface area contributed by atoms with Crippen molar-refractivity contribution in [3.63, 3.8) is 0 Å². The van der Waals surface area contributed by atoms with Crippen molar-refractivity contribution in [3.8, 4) is 0 Å². The van der Waals surface area contributed by atoms with Crippen LogP contribution in [0.1, 0.15) is 16.1 Å². The van der Waals surface area contributed by atoms with E-state index in [-0.39, 0.29) is 23.4 Å². The first-order valence-corrected chi connectivity index (χ1v) is 9.33. The lowest BCUT2D eigenvalue weighted by atomic mass is 10.1. The van der Waals surface area contributed by atoms with Gasteiger partial charge in [-0.1, -0.05) is 12.1 Å². The van der Waals surface area contributed by atoms with E-state index in [9.17, 15) is 14.0 Å². The average Bonchev–Trinajstić information content (AvgIpc) is 3.17. The van der Waals surface area contributed by atoms with E-state index in [4.69, 9.17) is 4.42 Å². The summed E-state index contributed by atoms with van der Waals surface area (Å²) in [6, 6.07) is 15.8. The smallest absolute Gasteiger partial charge is 0.257 e. The molecule has 3 rings (SSSR count). The maximum atomic E-state index is 13.0. The van der Waals surface area contributed by atoms with E-state index in [0.717, 1.165) is 5.76 Å². The molecule has 0 bridgehead atoms. The van der Waals surface area contributed by atoms with Gasteiger partial charge in [0.1, 0.15) is 11.6 Å². The summed E-state index contributed by atoms with van der Waals surface area (Å²) in [5.74, 6) is 0.635. The molecule has 2 amide bonds. The van der Waals surface area contributed by atoms with Gasteiger partial charge in [0, 0.05) is 5.69 Å². The van der Waals surface area contributed by atoms with E-state index in [1.165, 1.54) is 36.0 Å². The largest absolute Gasteiger partial charge is 0.468 e. The number of thioether (sulfide) groups is 1. The Kier molecular flexibility index (Phi) is 6.27. The summed E-state index contributed by atoms with van der Waals surface area (Å²) >= 11 is 1.41. The highest BCUT2D eigenvalue weighted by molar-refractivity contribution is 7.99. The predicted octanol–water partition coefficient (Wildman–Crippen LogP) is 4.54. The van der Waals surface area contributed by atoms with Crippen LogP contribution in [0.15, 0.2) is 71.3 Å². The molecule has 138 valence electrons. The van der Waals surface area contributed by atoms with Crippen molar-refractivity contribution in [2.24, 2.45) is 0 Å². The van der Waals surface area contributed by atoms with Crippen molar-refractivity contribution in [1.82, 2.24) is 0 Å². The second-order valence-electron chi connectivity index (χ2n) is 5.63. The molecule has 0 aliphatic rings. The van der Waals surface area contributed by atoms with Gasteiger partial charge in [-0.15, -0.1) is 11.8 Å². The van der Waals surface area contributed by atoms with Crippen molar-refractivity contribution >= 4 is 35.0 Å². The molecule has 0 aliphatic heterocycles. The van der Waals surface area contributed by atoms with Gasteiger partial charge < -0.3 is 15.1 Å². The zero-order valence-corrected chi connectivity index (χ0v) is 15.1. The molecular formula is C20H17FN2O3S. The van der Waals surface area contributed by atoms with Crippen LogP contribution < -0.4 is 10.6 Å². The third-order valence-electron chi connectivity index (χ3n) is 3.61. The number of carbonyl (C=O) groups excluding carboxylic acids is 2. The van der Waals surface area contributed by atoms with Crippen LogP contribution in [0.3, 0.4) is 0 Å². The Bertz CT molecular complexity index is 911. The number of benzene rings is 2. The molecule has 1 heterocycles. The molecule has 2 N–H and O–H groups in total. The number of halogens is 1. The third kappa shape index (κ3) is 5.46. The van der Waals surface area contributed by atoms with E-state index in [0.29, 0.717) is 22.7 Å². The molecule has 27 heavy (non-hydrogen) atoms. The topological polar surface area (TPSA) is 71.3 Å². The number of hydrogen-bond acceptors (Lipinski definition) is 4. The predicted molar refractivity (Wildman–Crippen MR) is 104 cm³/mol. The van der Waals surface area contributed by atoms with Gasteiger partial charge in [-0.25, -0.2) is 4.39 Å². The number of para-hydroxylation sites is 1. The summed E-state index contributed by atoms with van der Waals surface area (Å²) in [6.45, 7) is 0. The summed E-state index contributed by atoms with van der Waals surface area (Å²) in [6.07, 6.45) is 1.59. The van der Waals surface area contributed by atoms with Crippen LogP contribution in [-0.2, 0) is 10.5 Å². The number of nitrogens with one attached hydrogen (secondary N) is 2. The molecule has 0 spiro atoms. The number of furan rings is 1. The van der Waals surface area contributed by atoms with Crippen LogP contribution in [0.4, 0.5) is 15.8 Å². The van der Waals surface area contributed by atoms with Crippen LogP contribution in [0.25, 0.3) is 0 Å². The van der Waals surface area contributed by atoms with Crippen molar-refractivity contribution < 1.29 is 18.4 Å². The van der Waals surface area contributed by atoms with Crippen LogP contribution >= 0.6 is 11.8 Å². The minimum atomic E-state index is -0.388. The van der Waals surface area contributed by atoms with Crippen LogP contribution in [0.2, 0.25) is 0 Å². The van der Waals surface area contributed by atoms with Crippen LogP contribution in [0, 0.1) is 5.82 Å². The molecule has 5 nitrogen and oxygen atoms in total. The molecule has 7 heteroatoms. The molecule has 0 fully saturated rings. The monoisotopic (exact) mass is 384 g/mol. The standard InChI is InChI=1S/C20H17FN2O3S/c21-14-7-9-15(10-8-14)22-20(25)17-5-1-2-6-18(17)23-19(24)13-27-12-16-4-3-11-26-16/h1-11H,12-13H2,(H,22,25)(H,23,24). The molecule has 0 saturated carbocycles. The van der Waals surface area contributed by atoms with Gasteiger partial charge in [-0.3, -0.25) is 9.59 Å². The number of hydrogen-bond donors (Lipinski definition) is 2. The van der Waals surface area contributed by atoms with Gasteiger partial charge in [0.25, 0.3) is 5.91 Å². The molecule has 2 aromatic carbocycles. The molecule has 0 radical (unpaired) electrons. The van der Waals surface area contributed by atoms with Gasteiger partial charge in [-0.2, -0.15) is 0 Å². The number of amides is 2. The Morgan fingerprint density at radius 1 is 0.963 bits per heavy atom. The van der Waals surface area contributed by atoms with Crippen LogP contribution in [-0.4, -0.2) is 17.6 Å². The molecule has 3 aromatic rings. The lowest BCUT2D eigenvalue weighted by Gasteiger charge is -2.11. The summed E-state index contributed by atoms with van der Waals surface area (Å²) in [5, 5.41) is 5.44. The summed E-state index contributed by atoms with van der Waals surface area (Å²) < 4.78 is 18.2. The fourth-order valence-corrected chi connectivity index (χ4v) is 3.07. The number of rotatable bonds is 7. The molecule has 1 aromatic heterocycles. The summed E-state index contributed by atoms with van der Waals surface area (Å²) in [5.41, 5.74) is 1.21. The van der Waals surface area contributed by atoms with Crippen molar-refractivity contribution in [3.05, 3.63) is 84.1 Å². The van der Waals surface area contributed by atoms with Crippen molar-refractivity contribution in [2.45, 2.75) is 5.75 Å². The Morgan fingerprint density at radius 2 is 1.74 bits per heavy atom. The lowest BCUT2D eigenvalue weighted by Crippen LogP contribution is -2.19. The van der Waals surface area contributed by atoms with E-state index in [2.05, 4.69) is 10.6 Å². The van der Waals surface area contributed by atoms with E-state index < -0.39 is 0 Å². The number of anilines is 2. The molecule has 0 saturated heterocycles.